The van der Waals surface area contributed by atoms with Crippen LogP contribution in [-0.2, 0) is 0 Å². The molecule has 1 heterocycles. The summed E-state index contributed by atoms with van der Waals surface area (Å²) in [6.45, 7) is 2.31. The van der Waals surface area contributed by atoms with Crippen molar-refractivity contribution in [3.05, 3.63) is 36.5 Å². The molecule has 0 unspecified atom stereocenters. The van der Waals surface area contributed by atoms with E-state index in [0.29, 0.717) is 6.04 Å². The van der Waals surface area contributed by atoms with Crippen LogP contribution in [0.2, 0.25) is 0 Å². The second-order valence-electron chi connectivity index (χ2n) is 4.79. The molecule has 1 aromatic heterocycles. The second-order valence-corrected chi connectivity index (χ2v) is 4.79. The number of aromatic nitrogens is 1. The topological polar surface area (TPSA) is 24.9 Å². The van der Waals surface area contributed by atoms with Crippen LogP contribution in [0.25, 0.3) is 10.9 Å². The van der Waals surface area contributed by atoms with Gasteiger partial charge in [-0.15, -0.1) is 0 Å². The quantitative estimate of drug-likeness (QED) is 0.824. The first-order chi connectivity index (χ1) is 7.83. The highest BCUT2D eigenvalue weighted by Gasteiger charge is 2.25. The fourth-order valence-corrected chi connectivity index (χ4v) is 2.47. The molecular formula is C14H16N2. The van der Waals surface area contributed by atoms with Crippen molar-refractivity contribution < 1.29 is 0 Å². The summed E-state index contributed by atoms with van der Waals surface area (Å²) >= 11 is 0. The molecule has 82 valence electrons. The molecule has 0 amide bonds. The van der Waals surface area contributed by atoms with E-state index in [2.05, 4.69) is 41.5 Å². The number of hydrogen-bond donors (Lipinski definition) is 1. The molecule has 1 N–H and O–H groups in total. The number of benzene rings is 1. The molecule has 1 aromatic carbocycles. The number of nitrogens with zero attached hydrogens (tertiary/aromatic N) is 1. The van der Waals surface area contributed by atoms with E-state index in [9.17, 15) is 0 Å². The molecule has 0 radical (unpaired) electrons. The van der Waals surface area contributed by atoms with Gasteiger partial charge < -0.3 is 5.32 Å². The molecule has 1 fully saturated rings. The summed E-state index contributed by atoms with van der Waals surface area (Å²) in [5.74, 6) is 0.880. The largest absolute Gasteiger partial charge is 0.382 e. The maximum Gasteiger partial charge on any atom is 0.0722 e. The number of pyridine rings is 1. The lowest BCUT2D eigenvalue weighted by Gasteiger charge is -2.34. The Morgan fingerprint density at radius 2 is 2.06 bits per heavy atom. The van der Waals surface area contributed by atoms with Crippen LogP contribution >= 0.6 is 0 Å². The van der Waals surface area contributed by atoms with Crippen molar-refractivity contribution in [1.82, 2.24) is 4.98 Å². The van der Waals surface area contributed by atoms with Gasteiger partial charge >= 0.3 is 0 Å². The van der Waals surface area contributed by atoms with Crippen LogP contribution in [-0.4, -0.2) is 11.0 Å². The number of fused-ring (bicyclic) bond motifs is 1. The van der Waals surface area contributed by atoms with E-state index in [4.69, 9.17) is 0 Å². The Bertz CT molecular complexity index is 496. The molecule has 3 rings (SSSR count). The van der Waals surface area contributed by atoms with Crippen LogP contribution in [0.1, 0.15) is 19.8 Å². The van der Waals surface area contributed by atoms with Crippen molar-refractivity contribution in [3.63, 3.8) is 0 Å². The minimum absolute atomic E-state index is 0.654. The number of nitrogens with one attached hydrogen (secondary N) is 1. The Morgan fingerprint density at radius 1 is 1.19 bits per heavy atom. The third-order valence-electron chi connectivity index (χ3n) is 3.38. The van der Waals surface area contributed by atoms with Gasteiger partial charge in [-0.25, -0.2) is 0 Å². The maximum absolute atomic E-state index is 4.37. The zero-order valence-electron chi connectivity index (χ0n) is 9.48. The highest BCUT2D eigenvalue weighted by atomic mass is 14.9. The van der Waals surface area contributed by atoms with Gasteiger partial charge in [0.25, 0.3) is 0 Å². The molecule has 1 aliphatic rings. The van der Waals surface area contributed by atoms with E-state index in [1.54, 1.807) is 0 Å². The fourth-order valence-electron chi connectivity index (χ4n) is 2.47. The van der Waals surface area contributed by atoms with Gasteiger partial charge in [0.2, 0.25) is 0 Å². The number of hydrogen-bond acceptors (Lipinski definition) is 2. The van der Waals surface area contributed by atoms with Gasteiger partial charge in [-0.3, -0.25) is 4.98 Å². The van der Waals surface area contributed by atoms with Gasteiger partial charge in [0.1, 0.15) is 0 Å². The SMILES string of the molecule is CC1CC(Nc2cccc3ncccc23)C1. The molecule has 0 aliphatic heterocycles. The lowest BCUT2D eigenvalue weighted by atomic mass is 9.82. The predicted molar refractivity (Wildman–Crippen MR) is 67.6 cm³/mol. The number of anilines is 1. The molecule has 0 saturated heterocycles. The molecule has 0 bridgehead atoms. The van der Waals surface area contributed by atoms with E-state index >= 15 is 0 Å². The molecule has 16 heavy (non-hydrogen) atoms. The van der Waals surface area contributed by atoms with Gasteiger partial charge in [-0.2, -0.15) is 0 Å². The summed E-state index contributed by atoms with van der Waals surface area (Å²) in [5.41, 5.74) is 2.29. The Kier molecular flexibility index (Phi) is 2.28. The minimum atomic E-state index is 0.654. The normalized spacial score (nSPS) is 24.1. The summed E-state index contributed by atoms with van der Waals surface area (Å²) in [7, 11) is 0. The molecule has 2 heteroatoms. The van der Waals surface area contributed by atoms with Crippen LogP contribution in [0.4, 0.5) is 5.69 Å². The Balaban J connectivity index is 1.91. The van der Waals surface area contributed by atoms with E-state index in [0.717, 1.165) is 11.4 Å². The Labute approximate surface area is 95.7 Å². The predicted octanol–water partition coefficient (Wildman–Crippen LogP) is 3.45. The highest BCUT2D eigenvalue weighted by Crippen LogP contribution is 2.31. The van der Waals surface area contributed by atoms with Crippen LogP contribution in [0.15, 0.2) is 36.5 Å². The van der Waals surface area contributed by atoms with Crippen LogP contribution < -0.4 is 5.32 Å². The van der Waals surface area contributed by atoms with Crippen molar-refractivity contribution in [3.8, 4) is 0 Å². The standard InChI is InChI=1S/C14H16N2/c1-10-8-11(9-10)16-14-6-2-5-13-12(14)4-3-7-15-13/h2-7,10-11,16H,8-9H2,1H3. The van der Waals surface area contributed by atoms with Gasteiger partial charge in [0.15, 0.2) is 0 Å². The third-order valence-corrected chi connectivity index (χ3v) is 3.38. The van der Waals surface area contributed by atoms with E-state index in [1.165, 1.54) is 23.9 Å². The monoisotopic (exact) mass is 212 g/mol. The first-order valence-electron chi connectivity index (χ1n) is 5.93. The third kappa shape index (κ3) is 1.64. The van der Waals surface area contributed by atoms with Crippen molar-refractivity contribution in [2.75, 3.05) is 5.32 Å². The average molecular weight is 212 g/mol. The van der Waals surface area contributed by atoms with Gasteiger partial charge in [-0.05, 0) is 43.0 Å². The van der Waals surface area contributed by atoms with E-state index < -0.39 is 0 Å². The zero-order chi connectivity index (χ0) is 11.0. The van der Waals surface area contributed by atoms with Crippen molar-refractivity contribution in [2.24, 2.45) is 5.92 Å². The lowest BCUT2D eigenvalue weighted by Crippen LogP contribution is -2.33. The molecule has 2 nitrogen and oxygen atoms in total. The van der Waals surface area contributed by atoms with Crippen LogP contribution in [0.3, 0.4) is 0 Å². The number of rotatable bonds is 2. The smallest absolute Gasteiger partial charge is 0.0722 e. The van der Waals surface area contributed by atoms with Crippen molar-refractivity contribution in [2.45, 2.75) is 25.8 Å². The minimum Gasteiger partial charge on any atom is -0.382 e. The summed E-state index contributed by atoms with van der Waals surface area (Å²) in [6, 6.07) is 11.1. The van der Waals surface area contributed by atoms with Crippen LogP contribution in [0.5, 0.6) is 0 Å². The Hall–Kier alpha value is -1.57. The van der Waals surface area contributed by atoms with Gasteiger partial charge in [0.05, 0.1) is 5.52 Å². The molecule has 1 aliphatic carbocycles. The van der Waals surface area contributed by atoms with Crippen molar-refractivity contribution in [1.29, 1.82) is 0 Å². The summed E-state index contributed by atoms with van der Waals surface area (Å²) in [4.78, 5) is 4.37. The molecular weight excluding hydrogens is 196 g/mol. The van der Waals surface area contributed by atoms with E-state index in [1.807, 2.05) is 12.3 Å². The summed E-state index contributed by atoms with van der Waals surface area (Å²) in [5, 5.41) is 4.84. The zero-order valence-corrected chi connectivity index (χ0v) is 9.48. The van der Waals surface area contributed by atoms with Crippen molar-refractivity contribution >= 4 is 16.6 Å². The summed E-state index contributed by atoms with van der Waals surface area (Å²) in [6.07, 6.45) is 4.42. The fraction of sp³-hybridized carbons (Fsp3) is 0.357. The van der Waals surface area contributed by atoms with Gasteiger partial charge in [0, 0.05) is 23.3 Å². The highest BCUT2D eigenvalue weighted by molar-refractivity contribution is 5.91. The maximum atomic E-state index is 4.37. The molecule has 0 atom stereocenters. The molecule has 2 aromatic rings. The second kappa shape index (κ2) is 3.78. The molecule has 1 saturated carbocycles. The van der Waals surface area contributed by atoms with Crippen LogP contribution in [0, 0.1) is 5.92 Å². The average Bonchev–Trinajstić information content (AvgIpc) is 2.27. The first-order valence-corrected chi connectivity index (χ1v) is 5.93. The van der Waals surface area contributed by atoms with E-state index in [-0.39, 0.29) is 0 Å². The lowest BCUT2D eigenvalue weighted by molar-refractivity contribution is 0.309. The molecule has 0 spiro atoms. The van der Waals surface area contributed by atoms with Gasteiger partial charge in [-0.1, -0.05) is 13.0 Å². The first kappa shape index (κ1) is 9.64. The Morgan fingerprint density at radius 3 is 2.88 bits per heavy atom. The summed E-state index contributed by atoms with van der Waals surface area (Å²) < 4.78 is 0.